The lowest BCUT2D eigenvalue weighted by molar-refractivity contribution is -0.237. The Morgan fingerprint density at radius 3 is 2.37 bits per heavy atom. The van der Waals surface area contributed by atoms with E-state index in [1.165, 1.54) is 70.6 Å². The van der Waals surface area contributed by atoms with Gasteiger partial charge in [0.15, 0.2) is 0 Å². The number of hydrogen-bond acceptors (Lipinski definition) is 2. The van der Waals surface area contributed by atoms with Gasteiger partial charge in [-0.1, -0.05) is 60.1 Å². The van der Waals surface area contributed by atoms with Crippen LogP contribution in [0, 0.1) is 62.6 Å². The second-order valence-electron chi connectivity index (χ2n) is 16.0. The van der Waals surface area contributed by atoms with E-state index in [2.05, 4.69) is 69.7 Å². The first-order valence-electron chi connectivity index (χ1n) is 15.3. The quantitative estimate of drug-likeness (QED) is 0.435. The second-order valence-corrected chi connectivity index (χ2v) is 16.0. The van der Waals surface area contributed by atoms with E-state index in [9.17, 15) is 0 Å². The molecule has 6 rings (SSSR count). The standard InChI is InChI=1S/C32H53N3/c1-22(21-35-20-19-33-34-35)23-11-15-29(4)17-18-31(6)24(27(23)29)9-10-26-30(5)14-8-13-28(2,3)25(30)12-16-32(26,31)7/h19-20,22-27H,8-18,21H2,1-7H3/t22?,23-,24?,25?,26?,27?,29+,30-,31+,32+/m0/s1. The van der Waals surface area contributed by atoms with Gasteiger partial charge in [0.25, 0.3) is 0 Å². The van der Waals surface area contributed by atoms with Gasteiger partial charge in [-0.2, -0.15) is 0 Å². The van der Waals surface area contributed by atoms with Crippen LogP contribution in [-0.2, 0) is 6.54 Å². The topological polar surface area (TPSA) is 30.7 Å². The van der Waals surface area contributed by atoms with Gasteiger partial charge in [0.2, 0.25) is 0 Å². The molecule has 0 saturated heterocycles. The lowest BCUT2D eigenvalue weighted by Crippen LogP contribution is -2.65. The van der Waals surface area contributed by atoms with Gasteiger partial charge in [0.05, 0.1) is 6.20 Å². The highest BCUT2D eigenvalue weighted by Crippen LogP contribution is 2.77. The average molecular weight is 480 g/mol. The zero-order chi connectivity index (χ0) is 24.9. The molecule has 0 amide bonds. The van der Waals surface area contributed by atoms with Crippen LogP contribution in [0.1, 0.15) is 119 Å². The van der Waals surface area contributed by atoms with Crippen LogP contribution in [0.3, 0.4) is 0 Å². The Balaban J connectivity index is 1.33. The maximum atomic E-state index is 4.33. The van der Waals surface area contributed by atoms with Crippen LogP contribution < -0.4 is 0 Å². The Morgan fingerprint density at radius 1 is 0.829 bits per heavy atom. The van der Waals surface area contributed by atoms with Crippen molar-refractivity contribution < 1.29 is 0 Å². The van der Waals surface area contributed by atoms with E-state index >= 15 is 0 Å². The van der Waals surface area contributed by atoms with Crippen molar-refractivity contribution in [2.75, 3.05) is 0 Å². The molecule has 5 aliphatic carbocycles. The molecule has 5 saturated carbocycles. The predicted molar refractivity (Wildman–Crippen MR) is 144 cm³/mol. The molecule has 3 nitrogen and oxygen atoms in total. The Hall–Kier alpha value is -0.860. The van der Waals surface area contributed by atoms with Crippen LogP contribution in [0.2, 0.25) is 0 Å². The highest BCUT2D eigenvalue weighted by atomic mass is 15.4. The van der Waals surface area contributed by atoms with Crippen LogP contribution in [0.25, 0.3) is 0 Å². The van der Waals surface area contributed by atoms with E-state index < -0.39 is 0 Å². The predicted octanol–water partition coefficient (Wildman–Crippen LogP) is 8.41. The number of rotatable bonds is 3. The Bertz CT molecular complexity index is 937. The Morgan fingerprint density at radius 2 is 1.63 bits per heavy atom. The molecule has 0 N–H and O–H groups in total. The van der Waals surface area contributed by atoms with E-state index in [1.807, 2.05) is 6.20 Å². The third kappa shape index (κ3) is 3.27. The molecule has 0 spiro atoms. The van der Waals surface area contributed by atoms with Crippen LogP contribution >= 0.6 is 0 Å². The minimum absolute atomic E-state index is 0.505. The smallest absolute Gasteiger partial charge is 0.0692 e. The van der Waals surface area contributed by atoms with Crippen LogP contribution in [0.4, 0.5) is 0 Å². The van der Waals surface area contributed by atoms with E-state index in [4.69, 9.17) is 0 Å². The minimum atomic E-state index is 0.505. The van der Waals surface area contributed by atoms with Crippen molar-refractivity contribution in [3.8, 4) is 0 Å². The van der Waals surface area contributed by atoms with E-state index in [1.54, 1.807) is 0 Å². The highest BCUT2D eigenvalue weighted by molar-refractivity contribution is 5.18. The van der Waals surface area contributed by atoms with Crippen LogP contribution in [-0.4, -0.2) is 15.0 Å². The second kappa shape index (κ2) is 7.83. The molecule has 1 aromatic rings. The maximum absolute atomic E-state index is 4.33. The highest BCUT2D eigenvalue weighted by Gasteiger charge is 2.69. The third-order valence-corrected chi connectivity index (χ3v) is 14.3. The summed E-state index contributed by atoms with van der Waals surface area (Å²) in [5.41, 5.74) is 2.66. The molecule has 0 radical (unpaired) electrons. The molecule has 5 aliphatic rings. The summed E-state index contributed by atoms with van der Waals surface area (Å²) in [7, 11) is 0. The number of nitrogens with zero attached hydrogens (tertiary/aromatic N) is 3. The monoisotopic (exact) mass is 479 g/mol. The first kappa shape index (κ1) is 24.5. The van der Waals surface area contributed by atoms with Crippen molar-refractivity contribution in [2.45, 2.75) is 126 Å². The molecule has 1 aromatic heterocycles. The molecule has 1 heterocycles. The summed E-state index contributed by atoms with van der Waals surface area (Å²) in [4.78, 5) is 0. The van der Waals surface area contributed by atoms with Gasteiger partial charge in [0, 0.05) is 12.7 Å². The summed E-state index contributed by atoms with van der Waals surface area (Å²) in [5.74, 6) is 5.18. The molecule has 196 valence electrons. The molecule has 35 heavy (non-hydrogen) atoms. The van der Waals surface area contributed by atoms with Gasteiger partial charge in [-0.25, -0.2) is 0 Å². The molecule has 5 fully saturated rings. The summed E-state index contributed by atoms with van der Waals surface area (Å²) >= 11 is 0. The van der Waals surface area contributed by atoms with Crippen molar-refractivity contribution >= 4 is 0 Å². The van der Waals surface area contributed by atoms with Crippen molar-refractivity contribution in [1.29, 1.82) is 0 Å². The van der Waals surface area contributed by atoms with Crippen molar-refractivity contribution in [3.63, 3.8) is 0 Å². The van der Waals surface area contributed by atoms with Crippen LogP contribution in [0.5, 0.6) is 0 Å². The summed E-state index contributed by atoms with van der Waals surface area (Å²) in [5, 5.41) is 8.42. The van der Waals surface area contributed by atoms with E-state index in [0.29, 0.717) is 33.0 Å². The molecule has 0 bridgehead atoms. The van der Waals surface area contributed by atoms with Gasteiger partial charge in [-0.3, -0.25) is 4.68 Å². The zero-order valence-corrected chi connectivity index (χ0v) is 23.9. The minimum Gasteiger partial charge on any atom is -0.252 e. The van der Waals surface area contributed by atoms with E-state index in [0.717, 1.165) is 36.1 Å². The maximum Gasteiger partial charge on any atom is 0.0692 e. The average Bonchev–Trinajstić information content (AvgIpc) is 3.41. The van der Waals surface area contributed by atoms with Gasteiger partial charge >= 0.3 is 0 Å². The summed E-state index contributed by atoms with van der Waals surface area (Å²) < 4.78 is 2.09. The molecule has 0 aromatic carbocycles. The number of aromatic nitrogens is 3. The SMILES string of the molecule is CC(Cn1ccnn1)[C@@H]1CC[C@]2(C)CC[C@]3(C)C(CCC4[C@@]5(C)CCCC(C)(C)C5CC[C@]43C)C12. The van der Waals surface area contributed by atoms with Crippen molar-refractivity contribution in [3.05, 3.63) is 12.4 Å². The molecule has 0 aliphatic heterocycles. The Kier molecular flexibility index (Phi) is 5.47. The normalized spacial score (nSPS) is 51.6. The fourth-order valence-corrected chi connectivity index (χ4v) is 12.5. The third-order valence-electron chi connectivity index (χ3n) is 14.3. The molecule has 3 heteroatoms. The van der Waals surface area contributed by atoms with Gasteiger partial charge < -0.3 is 0 Å². The largest absolute Gasteiger partial charge is 0.252 e. The fraction of sp³-hybridized carbons (Fsp3) is 0.938. The van der Waals surface area contributed by atoms with Gasteiger partial charge in [0.1, 0.15) is 0 Å². The lowest BCUT2D eigenvalue weighted by Gasteiger charge is -2.72. The zero-order valence-electron chi connectivity index (χ0n) is 23.9. The van der Waals surface area contributed by atoms with Crippen LogP contribution in [0.15, 0.2) is 12.4 Å². The molecule has 10 atom stereocenters. The van der Waals surface area contributed by atoms with E-state index in [-0.39, 0.29) is 0 Å². The molecule has 5 unspecified atom stereocenters. The number of fused-ring (bicyclic) bond motifs is 7. The lowest BCUT2D eigenvalue weighted by atomic mass is 9.32. The summed E-state index contributed by atoms with van der Waals surface area (Å²) in [6.45, 7) is 19.8. The van der Waals surface area contributed by atoms with Crippen molar-refractivity contribution in [1.82, 2.24) is 15.0 Å². The van der Waals surface area contributed by atoms with Gasteiger partial charge in [-0.05, 0) is 127 Å². The molecular formula is C32H53N3. The van der Waals surface area contributed by atoms with Gasteiger partial charge in [-0.15, -0.1) is 5.10 Å². The van der Waals surface area contributed by atoms with Crippen molar-refractivity contribution in [2.24, 2.45) is 62.6 Å². The molecular weight excluding hydrogens is 426 g/mol. The Labute approximate surface area is 215 Å². The fourth-order valence-electron chi connectivity index (χ4n) is 12.5. The first-order chi connectivity index (χ1) is 16.4. The first-order valence-corrected chi connectivity index (χ1v) is 15.3. The summed E-state index contributed by atoms with van der Waals surface area (Å²) in [6, 6.07) is 0. The number of hydrogen-bond donors (Lipinski definition) is 0. The summed E-state index contributed by atoms with van der Waals surface area (Å²) in [6.07, 6.45) is 20.1.